The van der Waals surface area contributed by atoms with Gasteiger partial charge < -0.3 is 9.47 Å². The van der Waals surface area contributed by atoms with Crippen molar-refractivity contribution in [3.8, 4) is 17.2 Å². The first-order chi connectivity index (χ1) is 9.90. The minimum atomic E-state index is 0.393. The Morgan fingerprint density at radius 3 is 1.95 bits per heavy atom. The van der Waals surface area contributed by atoms with E-state index in [4.69, 9.17) is 9.47 Å². The third kappa shape index (κ3) is 3.53. The van der Waals surface area contributed by atoms with Gasteiger partial charge in [0.15, 0.2) is 0 Å². The monoisotopic (exact) mass is 268 g/mol. The van der Waals surface area contributed by atoms with Crippen molar-refractivity contribution in [2.45, 2.75) is 38.2 Å². The summed E-state index contributed by atoms with van der Waals surface area (Å²) in [6.07, 6.45) is 6.69. The predicted molar refractivity (Wildman–Crippen MR) is 80.5 cm³/mol. The number of para-hydroxylation sites is 1. The molecule has 1 aliphatic rings. The number of benzene rings is 2. The highest BCUT2D eigenvalue weighted by Crippen LogP contribution is 2.26. The van der Waals surface area contributed by atoms with Crippen LogP contribution in [0.25, 0.3) is 0 Å². The molecule has 1 fully saturated rings. The van der Waals surface area contributed by atoms with E-state index in [0.29, 0.717) is 6.10 Å². The Hall–Kier alpha value is -1.96. The molecule has 2 nitrogen and oxygen atoms in total. The first-order valence-electron chi connectivity index (χ1n) is 7.40. The van der Waals surface area contributed by atoms with Crippen molar-refractivity contribution in [1.29, 1.82) is 0 Å². The fourth-order valence-corrected chi connectivity index (χ4v) is 2.59. The number of ether oxygens (including phenoxy) is 2. The third-order valence-electron chi connectivity index (χ3n) is 3.66. The smallest absolute Gasteiger partial charge is 0.127 e. The molecule has 0 amide bonds. The fourth-order valence-electron chi connectivity index (χ4n) is 2.59. The maximum absolute atomic E-state index is 6.00. The molecule has 1 aliphatic carbocycles. The van der Waals surface area contributed by atoms with Crippen molar-refractivity contribution in [2.24, 2.45) is 0 Å². The molecule has 0 saturated heterocycles. The van der Waals surface area contributed by atoms with Gasteiger partial charge in [-0.2, -0.15) is 0 Å². The van der Waals surface area contributed by atoms with Crippen molar-refractivity contribution >= 4 is 0 Å². The van der Waals surface area contributed by atoms with Crippen LogP contribution in [-0.4, -0.2) is 6.10 Å². The van der Waals surface area contributed by atoms with Gasteiger partial charge in [-0.1, -0.05) is 24.6 Å². The molecule has 0 aromatic heterocycles. The first-order valence-corrected chi connectivity index (χ1v) is 7.40. The zero-order chi connectivity index (χ0) is 13.6. The average Bonchev–Trinajstić information content (AvgIpc) is 2.51. The molecule has 2 heteroatoms. The quantitative estimate of drug-likeness (QED) is 0.759. The lowest BCUT2D eigenvalue weighted by molar-refractivity contribution is 0.155. The van der Waals surface area contributed by atoms with E-state index in [-0.39, 0.29) is 0 Å². The highest BCUT2D eigenvalue weighted by Gasteiger charge is 2.14. The van der Waals surface area contributed by atoms with Gasteiger partial charge >= 0.3 is 0 Å². The van der Waals surface area contributed by atoms with Gasteiger partial charge in [0.05, 0.1) is 6.10 Å². The SMILES string of the molecule is c1ccc(Oc2ccc(OC3CCCCC3)cc2)cc1. The van der Waals surface area contributed by atoms with E-state index in [2.05, 4.69) is 0 Å². The minimum absolute atomic E-state index is 0.393. The molecule has 0 spiro atoms. The lowest BCUT2D eigenvalue weighted by Crippen LogP contribution is -2.19. The molecule has 20 heavy (non-hydrogen) atoms. The molecule has 0 bridgehead atoms. The van der Waals surface area contributed by atoms with Crippen molar-refractivity contribution in [3.63, 3.8) is 0 Å². The molecule has 0 aliphatic heterocycles. The fraction of sp³-hybridized carbons (Fsp3) is 0.333. The van der Waals surface area contributed by atoms with E-state index in [1.807, 2.05) is 54.6 Å². The summed E-state index contributed by atoms with van der Waals surface area (Å²) in [6, 6.07) is 17.7. The minimum Gasteiger partial charge on any atom is -0.490 e. The van der Waals surface area contributed by atoms with Gasteiger partial charge in [0, 0.05) is 0 Å². The number of hydrogen-bond donors (Lipinski definition) is 0. The van der Waals surface area contributed by atoms with Gasteiger partial charge in [-0.15, -0.1) is 0 Å². The molecule has 0 radical (unpaired) electrons. The van der Waals surface area contributed by atoms with Crippen LogP contribution in [0.3, 0.4) is 0 Å². The summed E-state index contributed by atoms with van der Waals surface area (Å²) in [5.74, 6) is 2.64. The maximum Gasteiger partial charge on any atom is 0.127 e. The maximum atomic E-state index is 6.00. The first kappa shape index (κ1) is 13.0. The van der Waals surface area contributed by atoms with Gasteiger partial charge in [-0.05, 0) is 62.1 Å². The molecule has 2 aromatic carbocycles. The Morgan fingerprint density at radius 2 is 1.25 bits per heavy atom. The van der Waals surface area contributed by atoms with Crippen LogP contribution in [0, 0.1) is 0 Å². The largest absolute Gasteiger partial charge is 0.490 e. The van der Waals surface area contributed by atoms with E-state index >= 15 is 0 Å². The Bertz CT molecular complexity index is 513. The lowest BCUT2D eigenvalue weighted by Gasteiger charge is -2.23. The molecule has 3 rings (SSSR count). The van der Waals surface area contributed by atoms with Crippen LogP contribution in [-0.2, 0) is 0 Å². The standard InChI is InChI=1S/C18H20O2/c1-3-7-15(8-4-1)19-17-11-13-18(14-12-17)20-16-9-5-2-6-10-16/h1,3-4,7-8,11-14,16H,2,5-6,9-10H2. The van der Waals surface area contributed by atoms with E-state index in [9.17, 15) is 0 Å². The van der Waals surface area contributed by atoms with Crippen molar-refractivity contribution in [3.05, 3.63) is 54.6 Å². The van der Waals surface area contributed by atoms with Crippen LogP contribution >= 0.6 is 0 Å². The Labute approximate surface area is 120 Å². The summed E-state index contributed by atoms with van der Waals surface area (Å²) in [5.41, 5.74) is 0. The molecule has 2 aromatic rings. The zero-order valence-corrected chi connectivity index (χ0v) is 11.6. The summed E-state index contributed by atoms with van der Waals surface area (Å²) < 4.78 is 11.8. The summed E-state index contributed by atoms with van der Waals surface area (Å²) >= 11 is 0. The van der Waals surface area contributed by atoms with E-state index in [1.165, 1.54) is 32.1 Å². The van der Waals surface area contributed by atoms with E-state index in [0.717, 1.165) is 17.2 Å². The molecule has 0 atom stereocenters. The lowest BCUT2D eigenvalue weighted by atomic mass is 9.98. The van der Waals surface area contributed by atoms with Crippen LogP contribution in [0.15, 0.2) is 54.6 Å². The van der Waals surface area contributed by atoms with Crippen LogP contribution in [0.2, 0.25) is 0 Å². The highest BCUT2D eigenvalue weighted by molar-refractivity contribution is 5.35. The van der Waals surface area contributed by atoms with Crippen LogP contribution in [0.1, 0.15) is 32.1 Å². The predicted octanol–water partition coefficient (Wildman–Crippen LogP) is 5.19. The second kappa shape index (κ2) is 6.47. The van der Waals surface area contributed by atoms with Gasteiger partial charge in [-0.3, -0.25) is 0 Å². The van der Waals surface area contributed by atoms with Crippen molar-refractivity contribution in [2.75, 3.05) is 0 Å². The second-order valence-electron chi connectivity index (χ2n) is 5.26. The molecule has 0 unspecified atom stereocenters. The van der Waals surface area contributed by atoms with E-state index in [1.54, 1.807) is 0 Å². The summed E-state index contributed by atoms with van der Waals surface area (Å²) in [4.78, 5) is 0. The molecular formula is C18H20O2. The number of hydrogen-bond acceptors (Lipinski definition) is 2. The molecule has 104 valence electrons. The van der Waals surface area contributed by atoms with Crippen LogP contribution in [0.5, 0.6) is 17.2 Å². The van der Waals surface area contributed by atoms with Gasteiger partial charge in [0.2, 0.25) is 0 Å². The van der Waals surface area contributed by atoms with Crippen molar-refractivity contribution in [1.82, 2.24) is 0 Å². The Morgan fingerprint density at radius 1 is 0.650 bits per heavy atom. The molecule has 0 N–H and O–H groups in total. The summed E-state index contributed by atoms with van der Waals surface area (Å²) in [7, 11) is 0. The topological polar surface area (TPSA) is 18.5 Å². The van der Waals surface area contributed by atoms with Gasteiger partial charge in [0.1, 0.15) is 17.2 Å². The second-order valence-corrected chi connectivity index (χ2v) is 5.26. The third-order valence-corrected chi connectivity index (χ3v) is 3.66. The molecule has 0 heterocycles. The van der Waals surface area contributed by atoms with E-state index < -0.39 is 0 Å². The highest BCUT2D eigenvalue weighted by atomic mass is 16.5. The van der Waals surface area contributed by atoms with Gasteiger partial charge in [-0.25, -0.2) is 0 Å². The average molecular weight is 268 g/mol. The Kier molecular flexibility index (Phi) is 4.22. The van der Waals surface area contributed by atoms with Gasteiger partial charge in [0.25, 0.3) is 0 Å². The normalized spacial score (nSPS) is 15.8. The number of rotatable bonds is 4. The molecule has 1 saturated carbocycles. The van der Waals surface area contributed by atoms with Crippen molar-refractivity contribution < 1.29 is 9.47 Å². The summed E-state index contributed by atoms with van der Waals surface area (Å²) in [5, 5.41) is 0. The van der Waals surface area contributed by atoms with Crippen LogP contribution < -0.4 is 9.47 Å². The Balaban J connectivity index is 1.59. The molecular weight excluding hydrogens is 248 g/mol. The zero-order valence-electron chi connectivity index (χ0n) is 11.6. The summed E-state index contributed by atoms with van der Waals surface area (Å²) in [6.45, 7) is 0. The van der Waals surface area contributed by atoms with Crippen LogP contribution in [0.4, 0.5) is 0 Å².